The van der Waals surface area contributed by atoms with Gasteiger partial charge in [-0.25, -0.2) is 4.98 Å². The number of ether oxygens (including phenoxy) is 1. The molecule has 0 aromatic carbocycles. The van der Waals surface area contributed by atoms with E-state index in [9.17, 15) is 22.8 Å². The van der Waals surface area contributed by atoms with Gasteiger partial charge in [0.25, 0.3) is 11.5 Å². The molecule has 0 spiro atoms. The second-order valence-electron chi connectivity index (χ2n) is 5.55. The Hall–Kier alpha value is -2.43. The Morgan fingerprint density at radius 3 is 2.75 bits per heavy atom. The highest BCUT2D eigenvalue weighted by Crippen LogP contribution is 2.26. The van der Waals surface area contributed by atoms with Crippen LogP contribution in [0.4, 0.5) is 13.2 Å². The molecule has 1 atom stereocenters. The maximum absolute atomic E-state index is 12.4. The number of hydrogen-bond acceptors (Lipinski definition) is 5. The monoisotopic (exact) mass is 345 g/mol. The number of likely N-dealkylation sites (tertiary alicyclic amines) is 1. The molecule has 0 aliphatic carbocycles. The van der Waals surface area contributed by atoms with E-state index in [1.54, 1.807) is 0 Å². The van der Waals surface area contributed by atoms with E-state index >= 15 is 0 Å². The zero-order valence-electron chi connectivity index (χ0n) is 12.8. The largest absolute Gasteiger partial charge is 0.414 e. The molecule has 8 nitrogen and oxygen atoms in total. The summed E-state index contributed by atoms with van der Waals surface area (Å²) in [5, 5.41) is 4.00. The number of hydrogen-bond donors (Lipinski definition) is 1. The Kier molecular flexibility index (Phi) is 3.82. The van der Waals surface area contributed by atoms with Crippen LogP contribution in [0, 0.1) is 0 Å². The lowest BCUT2D eigenvalue weighted by Gasteiger charge is -2.39. The molecule has 1 N–H and O–H groups in total. The smallest absolute Gasteiger partial charge is 0.362 e. The van der Waals surface area contributed by atoms with Crippen LogP contribution in [0.3, 0.4) is 0 Å². The zero-order chi connectivity index (χ0) is 17.6. The third-order valence-corrected chi connectivity index (χ3v) is 3.82. The summed E-state index contributed by atoms with van der Waals surface area (Å²) >= 11 is 0. The first-order chi connectivity index (χ1) is 11.2. The number of halogens is 3. The van der Waals surface area contributed by atoms with Gasteiger partial charge in [0.2, 0.25) is 0 Å². The Balaban J connectivity index is 1.72. The van der Waals surface area contributed by atoms with Crippen molar-refractivity contribution in [1.29, 1.82) is 0 Å². The average molecular weight is 345 g/mol. The first-order valence-electron chi connectivity index (χ1n) is 7.10. The maximum Gasteiger partial charge on any atom is 0.414 e. The topological polar surface area (TPSA) is 93.1 Å². The number of aromatic nitrogens is 4. The van der Waals surface area contributed by atoms with Crippen molar-refractivity contribution in [3.63, 3.8) is 0 Å². The molecular weight excluding hydrogens is 331 g/mol. The van der Waals surface area contributed by atoms with Crippen molar-refractivity contribution < 1.29 is 22.7 Å². The fraction of sp³-hybridized carbons (Fsp3) is 0.538. The normalized spacial score (nSPS) is 17.1. The Morgan fingerprint density at radius 1 is 1.46 bits per heavy atom. The quantitative estimate of drug-likeness (QED) is 0.872. The van der Waals surface area contributed by atoms with Gasteiger partial charge in [-0.05, 0) is 6.92 Å². The molecule has 1 aliphatic rings. The van der Waals surface area contributed by atoms with Gasteiger partial charge >= 0.3 is 6.18 Å². The minimum atomic E-state index is -4.44. The van der Waals surface area contributed by atoms with E-state index < -0.39 is 29.9 Å². The number of nitrogens with one attached hydrogen (secondary N) is 1. The van der Waals surface area contributed by atoms with E-state index in [0.717, 1.165) is 13.3 Å². The number of aryl methyl sites for hydroxylation is 1. The molecule has 3 rings (SSSR count). The van der Waals surface area contributed by atoms with Crippen molar-refractivity contribution in [1.82, 2.24) is 24.6 Å². The third-order valence-electron chi connectivity index (χ3n) is 3.82. The van der Waals surface area contributed by atoms with Crippen LogP contribution >= 0.6 is 0 Å². The summed E-state index contributed by atoms with van der Waals surface area (Å²) in [5.74, 6) is -0.502. The molecule has 3 heterocycles. The van der Waals surface area contributed by atoms with Gasteiger partial charge in [0.05, 0.1) is 12.4 Å². The SMILES string of the molecule is CC(OC1CN(C(=O)c2nn(C)c3c(=O)[nH]cnc23)C1)C(F)(F)F. The fourth-order valence-corrected chi connectivity index (χ4v) is 2.46. The number of aromatic amines is 1. The minimum absolute atomic E-state index is 0.0130. The van der Waals surface area contributed by atoms with Gasteiger partial charge in [0.15, 0.2) is 17.3 Å². The van der Waals surface area contributed by atoms with Gasteiger partial charge in [-0.15, -0.1) is 0 Å². The number of carbonyl (C=O) groups is 1. The minimum Gasteiger partial charge on any atom is -0.362 e. The molecule has 0 bridgehead atoms. The van der Waals surface area contributed by atoms with Crippen LogP contribution in [0.15, 0.2) is 11.1 Å². The highest BCUT2D eigenvalue weighted by Gasteiger charge is 2.42. The van der Waals surface area contributed by atoms with Crippen molar-refractivity contribution in [3.8, 4) is 0 Å². The number of carbonyl (C=O) groups excluding carboxylic acids is 1. The van der Waals surface area contributed by atoms with Crippen LogP contribution in [0.2, 0.25) is 0 Å². The fourth-order valence-electron chi connectivity index (χ4n) is 2.46. The van der Waals surface area contributed by atoms with E-state index in [4.69, 9.17) is 4.74 Å². The molecule has 1 amide bonds. The maximum atomic E-state index is 12.4. The molecule has 2 aromatic rings. The number of amides is 1. The number of alkyl halides is 3. The van der Waals surface area contributed by atoms with Gasteiger partial charge in [-0.2, -0.15) is 18.3 Å². The first-order valence-corrected chi connectivity index (χ1v) is 7.10. The summed E-state index contributed by atoms with van der Waals surface area (Å²) in [7, 11) is 1.50. The summed E-state index contributed by atoms with van der Waals surface area (Å²) in [4.78, 5) is 31.8. The van der Waals surface area contributed by atoms with Crippen LogP contribution in [0.5, 0.6) is 0 Å². The number of rotatable bonds is 3. The summed E-state index contributed by atoms with van der Waals surface area (Å²) in [6.07, 6.45) is -5.85. The Labute approximate surface area is 133 Å². The van der Waals surface area contributed by atoms with Crippen molar-refractivity contribution in [3.05, 3.63) is 22.4 Å². The Bertz CT molecular complexity index is 837. The number of H-pyrrole nitrogens is 1. The van der Waals surface area contributed by atoms with E-state index in [2.05, 4.69) is 15.1 Å². The van der Waals surface area contributed by atoms with E-state index in [1.807, 2.05) is 0 Å². The van der Waals surface area contributed by atoms with Crippen LogP contribution in [-0.4, -0.2) is 62.0 Å². The van der Waals surface area contributed by atoms with Gasteiger partial charge in [-0.1, -0.05) is 0 Å². The van der Waals surface area contributed by atoms with Crippen LogP contribution in [-0.2, 0) is 11.8 Å². The van der Waals surface area contributed by atoms with Gasteiger partial charge in [0.1, 0.15) is 5.52 Å². The summed E-state index contributed by atoms with van der Waals surface area (Å²) in [6.45, 7) is 0.980. The van der Waals surface area contributed by atoms with E-state index in [-0.39, 0.29) is 29.8 Å². The Morgan fingerprint density at radius 2 is 2.12 bits per heavy atom. The molecule has 1 unspecified atom stereocenters. The molecule has 11 heteroatoms. The number of fused-ring (bicyclic) bond motifs is 1. The predicted molar refractivity (Wildman–Crippen MR) is 75.4 cm³/mol. The summed E-state index contributed by atoms with van der Waals surface area (Å²) in [5.41, 5.74) is -0.141. The lowest BCUT2D eigenvalue weighted by atomic mass is 10.1. The lowest BCUT2D eigenvalue weighted by molar-refractivity contribution is -0.236. The molecule has 2 aromatic heterocycles. The van der Waals surface area contributed by atoms with Crippen molar-refractivity contribution in [2.45, 2.75) is 25.3 Å². The van der Waals surface area contributed by atoms with Crippen molar-refractivity contribution in [2.24, 2.45) is 7.05 Å². The van der Waals surface area contributed by atoms with Crippen LogP contribution in [0.25, 0.3) is 11.0 Å². The predicted octanol–water partition coefficient (Wildman–Crippen LogP) is 0.448. The summed E-state index contributed by atoms with van der Waals surface area (Å²) in [6, 6.07) is 0. The highest BCUT2D eigenvalue weighted by atomic mass is 19.4. The molecular formula is C13H14F3N5O3. The van der Waals surface area contributed by atoms with E-state index in [0.29, 0.717) is 0 Å². The standard InChI is InChI=1S/C13H14F3N5O3/c1-6(13(14,15)16)24-7-3-21(4-7)12(23)9-8-10(20(2)19-9)11(22)18-5-17-8/h5-7H,3-4H2,1-2H3,(H,17,18,22). The van der Waals surface area contributed by atoms with Gasteiger partial charge in [0, 0.05) is 20.1 Å². The summed E-state index contributed by atoms with van der Waals surface area (Å²) < 4.78 is 43.4. The molecule has 1 saturated heterocycles. The highest BCUT2D eigenvalue weighted by molar-refractivity contribution is 6.03. The van der Waals surface area contributed by atoms with Crippen molar-refractivity contribution in [2.75, 3.05) is 13.1 Å². The number of nitrogens with zero attached hydrogens (tertiary/aromatic N) is 4. The average Bonchev–Trinajstić information content (AvgIpc) is 2.79. The van der Waals surface area contributed by atoms with E-state index in [1.165, 1.54) is 16.6 Å². The molecule has 1 fully saturated rings. The van der Waals surface area contributed by atoms with Gasteiger partial charge < -0.3 is 14.6 Å². The van der Waals surface area contributed by atoms with Crippen LogP contribution < -0.4 is 5.56 Å². The van der Waals surface area contributed by atoms with Crippen LogP contribution in [0.1, 0.15) is 17.4 Å². The van der Waals surface area contributed by atoms with Gasteiger partial charge in [-0.3, -0.25) is 14.3 Å². The third kappa shape index (κ3) is 2.75. The molecule has 0 saturated carbocycles. The molecule has 1 aliphatic heterocycles. The first kappa shape index (κ1) is 16.4. The second kappa shape index (κ2) is 5.58. The molecule has 0 radical (unpaired) electrons. The molecule has 130 valence electrons. The lowest BCUT2D eigenvalue weighted by Crippen LogP contribution is -2.56. The molecule has 24 heavy (non-hydrogen) atoms. The second-order valence-corrected chi connectivity index (χ2v) is 5.55. The zero-order valence-corrected chi connectivity index (χ0v) is 12.8. The van der Waals surface area contributed by atoms with Crippen molar-refractivity contribution >= 4 is 16.9 Å².